The number of urea groups is 1. The Labute approximate surface area is 180 Å². The zero-order valence-corrected chi connectivity index (χ0v) is 18.1. The number of amides is 3. The molecule has 0 spiro atoms. The van der Waals surface area contributed by atoms with Gasteiger partial charge in [-0.15, -0.1) is 0 Å². The molecule has 2 atom stereocenters. The summed E-state index contributed by atoms with van der Waals surface area (Å²) in [7, 11) is 0. The van der Waals surface area contributed by atoms with Gasteiger partial charge in [0.1, 0.15) is 0 Å². The van der Waals surface area contributed by atoms with Crippen LogP contribution < -0.4 is 10.6 Å². The van der Waals surface area contributed by atoms with Gasteiger partial charge >= 0.3 is 6.03 Å². The van der Waals surface area contributed by atoms with Crippen LogP contribution in [0.25, 0.3) is 0 Å². The average molecular weight is 410 g/mol. The Morgan fingerprint density at radius 2 is 1.67 bits per heavy atom. The van der Waals surface area contributed by atoms with E-state index in [1.54, 1.807) is 4.90 Å². The van der Waals surface area contributed by atoms with E-state index in [0.29, 0.717) is 18.5 Å². The monoisotopic (exact) mass is 409 g/mol. The van der Waals surface area contributed by atoms with Gasteiger partial charge < -0.3 is 15.5 Å². The van der Waals surface area contributed by atoms with Gasteiger partial charge in [0, 0.05) is 24.8 Å². The summed E-state index contributed by atoms with van der Waals surface area (Å²) >= 11 is 0. The van der Waals surface area contributed by atoms with Gasteiger partial charge in [-0.3, -0.25) is 4.79 Å². The lowest BCUT2D eigenvalue weighted by atomic mass is 9.48. The number of para-hydroxylation sites is 1. The number of rotatable bonds is 4. The second-order valence-corrected chi connectivity index (χ2v) is 10.6. The molecule has 4 aliphatic carbocycles. The summed E-state index contributed by atoms with van der Waals surface area (Å²) in [4.78, 5) is 27.6. The Kier molecular flexibility index (Phi) is 5.24. The maximum Gasteiger partial charge on any atom is 0.321 e. The highest BCUT2D eigenvalue weighted by molar-refractivity contribution is 5.90. The van der Waals surface area contributed by atoms with Crippen LogP contribution in [0.4, 0.5) is 10.5 Å². The number of nitrogens with one attached hydrogen (secondary N) is 2. The molecule has 0 aromatic heterocycles. The van der Waals surface area contributed by atoms with Gasteiger partial charge in [-0.05, 0) is 93.6 Å². The van der Waals surface area contributed by atoms with Crippen molar-refractivity contribution in [3.8, 4) is 0 Å². The number of hydrogen-bond acceptors (Lipinski definition) is 2. The second-order valence-electron chi connectivity index (χ2n) is 10.6. The topological polar surface area (TPSA) is 61.4 Å². The standard InChI is InChI=1S/C25H35N3O2/c1-17(25-13-18-10-19(14-25)12-20(11-18)15-25)26-23(29)21-6-5-9-28(16-21)24(30)27-22-7-3-2-4-8-22/h2-4,7-8,17-21H,5-6,9-16H2,1H3,(H,26,29)(H,27,30)/t17-,18?,19?,20?,21+,25?/m0/s1. The number of anilines is 1. The lowest BCUT2D eigenvalue weighted by Gasteiger charge is -2.59. The van der Waals surface area contributed by atoms with Crippen molar-refractivity contribution in [2.24, 2.45) is 29.1 Å². The first-order valence-corrected chi connectivity index (χ1v) is 11.9. The highest BCUT2D eigenvalue weighted by Crippen LogP contribution is 2.61. The molecule has 1 aliphatic heterocycles. The SMILES string of the molecule is C[C@H](NC(=O)[C@@H]1CCCN(C(=O)Nc2ccccc2)C1)C12CC3CC(CC(C3)C1)C2. The first-order chi connectivity index (χ1) is 14.5. The molecule has 1 aromatic carbocycles. The Morgan fingerprint density at radius 3 is 2.30 bits per heavy atom. The molecule has 5 aliphatic rings. The van der Waals surface area contributed by atoms with Gasteiger partial charge in [-0.25, -0.2) is 4.79 Å². The van der Waals surface area contributed by atoms with Crippen LogP contribution in [0.1, 0.15) is 58.3 Å². The number of nitrogens with zero attached hydrogens (tertiary/aromatic N) is 1. The van der Waals surface area contributed by atoms with E-state index in [1.807, 2.05) is 30.3 Å². The maximum absolute atomic E-state index is 13.2. The van der Waals surface area contributed by atoms with Crippen molar-refractivity contribution < 1.29 is 9.59 Å². The molecule has 5 fully saturated rings. The summed E-state index contributed by atoms with van der Waals surface area (Å²) in [6.07, 6.45) is 9.93. The third kappa shape index (κ3) is 3.83. The number of carbonyl (C=O) groups is 2. The highest BCUT2D eigenvalue weighted by Gasteiger charge is 2.53. The van der Waals surface area contributed by atoms with E-state index in [4.69, 9.17) is 0 Å². The third-order valence-electron chi connectivity index (χ3n) is 8.47. The maximum atomic E-state index is 13.2. The van der Waals surface area contributed by atoms with Crippen molar-refractivity contribution in [2.75, 3.05) is 18.4 Å². The molecule has 30 heavy (non-hydrogen) atoms. The molecule has 162 valence electrons. The minimum atomic E-state index is -0.104. The lowest BCUT2D eigenvalue weighted by Crippen LogP contribution is -2.57. The highest BCUT2D eigenvalue weighted by atomic mass is 16.2. The zero-order valence-electron chi connectivity index (χ0n) is 18.1. The number of likely N-dealkylation sites (tertiary alicyclic amines) is 1. The van der Waals surface area contributed by atoms with E-state index in [9.17, 15) is 9.59 Å². The van der Waals surface area contributed by atoms with E-state index >= 15 is 0 Å². The van der Waals surface area contributed by atoms with Crippen LogP contribution in [0.15, 0.2) is 30.3 Å². The largest absolute Gasteiger partial charge is 0.353 e. The predicted octanol–water partition coefficient (Wildman–Crippen LogP) is 4.65. The summed E-state index contributed by atoms with van der Waals surface area (Å²) in [5.41, 5.74) is 1.12. The Bertz CT molecular complexity index is 758. The quantitative estimate of drug-likeness (QED) is 0.760. The fourth-order valence-electron chi connectivity index (χ4n) is 7.29. The summed E-state index contributed by atoms with van der Waals surface area (Å²) in [6, 6.07) is 9.67. The van der Waals surface area contributed by atoms with Gasteiger partial charge in [0.15, 0.2) is 0 Å². The molecule has 1 heterocycles. The average Bonchev–Trinajstić information content (AvgIpc) is 2.73. The van der Waals surface area contributed by atoms with Gasteiger partial charge in [0.2, 0.25) is 5.91 Å². The summed E-state index contributed by atoms with van der Waals surface area (Å²) < 4.78 is 0. The predicted molar refractivity (Wildman–Crippen MR) is 118 cm³/mol. The van der Waals surface area contributed by atoms with Gasteiger partial charge in [-0.1, -0.05) is 18.2 Å². The fourth-order valence-corrected chi connectivity index (χ4v) is 7.29. The van der Waals surface area contributed by atoms with E-state index in [2.05, 4.69) is 17.6 Å². The number of hydrogen-bond donors (Lipinski definition) is 2. The van der Waals surface area contributed by atoms with E-state index < -0.39 is 0 Å². The molecule has 4 saturated carbocycles. The van der Waals surface area contributed by atoms with Crippen LogP contribution in [0.2, 0.25) is 0 Å². The first-order valence-electron chi connectivity index (χ1n) is 11.9. The zero-order chi connectivity index (χ0) is 20.7. The summed E-state index contributed by atoms with van der Waals surface area (Å²) in [5, 5.41) is 6.37. The Balaban J connectivity index is 1.18. The fraction of sp³-hybridized carbons (Fsp3) is 0.680. The van der Waals surface area contributed by atoms with Crippen LogP contribution in [0.5, 0.6) is 0 Å². The Morgan fingerprint density at radius 1 is 1.03 bits per heavy atom. The molecule has 1 saturated heterocycles. The van der Waals surface area contributed by atoms with Crippen molar-refractivity contribution in [1.29, 1.82) is 0 Å². The molecule has 4 bridgehead atoms. The van der Waals surface area contributed by atoms with Crippen LogP contribution in [0, 0.1) is 29.1 Å². The smallest absolute Gasteiger partial charge is 0.321 e. The second kappa shape index (κ2) is 7.90. The molecule has 5 heteroatoms. The van der Waals surface area contributed by atoms with Crippen molar-refractivity contribution in [2.45, 2.75) is 64.3 Å². The number of piperidine rings is 1. The molecule has 3 amide bonds. The molecule has 1 aromatic rings. The third-order valence-corrected chi connectivity index (χ3v) is 8.47. The molecule has 0 radical (unpaired) electrons. The van der Waals surface area contributed by atoms with Crippen LogP contribution in [0.3, 0.4) is 0 Å². The van der Waals surface area contributed by atoms with E-state index in [0.717, 1.165) is 36.3 Å². The molecular weight excluding hydrogens is 374 g/mol. The minimum absolute atomic E-state index is 0.100. The minimum Gasteiger partial charge on any atom is -0.353 e. The normalized spacial score (nSPS) is 35.7. The molecule has 6 rings (SSSR count). The van der Waals surface area contributed by atoms with Crippen LogP contribution >= 0.6 is 0 Å². The summed E-state index contributed by atoms with van der Waals surface area (Å²) in [6.45, 7) is 3.47. The summed E-state index contributed by atoms with van der Waals surface area (Å²) in [5.74, 6) is 2.72. The first kappa shape index (κ1) is 19.9. The van der Waals surface area contributed by atoms with E-state index in [1.165, 1.54) is 38.5 Å². The van der Waals surface area contributed by atoms with Crippen molar-refractivity contribution in [1.82, 2.24) is 10.2 Å². The van der Waals surface area contributed by atoms with Gasteiger partial charge in [0.25, 0.3) is 0 Å². The molecule has 5 nitrogen and oxygen atoms in total. The molecule has 0 unspecified atom stereocenters. The van der Waals surface area contributed by atoms with Crippen LogP contribution in [-0.2, 0) is 4.79 Å². The van der Waals surface area contributed by atoms with Crippen molar-refractivity contribution >= 4 is 17.6 Å². The van der Waals surface area contributed by atoms with Gasteiger partial charge in [0.05, 0.1) is 5.92 Å². The van der Waals surface area contributed by atoms with E-state index in [-0.39, 0.29) is 23.9 Å². The van der Waals surface area contributed by atoms with Crippen LogP contribution in [-0.4, -0.2) is 36.0 Å². The molecule has 2 N–H and O–H groups in total. The lowest BCUT2D eigenvalue weighted by molar-refractivity contribution is -0.131. The number of carbonyl (C=O) groups excluding carboxylic acids is 2. The van der Waals surface area contributed by atoms with Gasteiger partial charge in [-0.2, -0.15) is 0 Å². The van der Waals surface area contributed by atoms with Crippen molar-refractivity contribution in [3.63, 3.8) is 0 Å². The van der Waals surface area contributed by atoms with Crippen molar-refractivity contribution in [3.05, 3.63) is 30.3 Å². The molecular formula is C25H35N3O2. The Hall–Kier alpha value is -2.04. The number of benzene rings is 1.